The second kappa shape index (κ2) is 6.39. The van der Waals surface area contributed by atoms with Gasteiger partial charge in [0.05, 0.1) is 0 Å². The van der Waals surface area contributed by atoms with Crippen molar-refractivity contribution >= 4 is 6.29 Å². The third-order valence-corrected chi connectivity index (χ3v) is 2.79. The van der Waals surface area contributed by atoms with Crippen LogP contribution in [0.4, 0.5) is 0 Å². The highest BCUT2D eigenvalue weighted by Crippen LogP contribution is 2.21. The van der Waals surface area contributed by atoms with E-state index >= 15 is 0 Å². The first kappa shape index (κ1) is 12.0. The fourth-order valence-corrected chi connectivity index (χ4v) is 1.88. The monoisotopic (exact) mass is 204 g/mol. The molecule has 0 bridgehead atoms. The van der Waals surface area contributed by atoms with E-state index in [1.54, 1.807) is 0 Å². The Morgan fingerprint density at radius 3 is 2.87 bits per heavy atom. The molecule has 0 heterocycles. The van der Waals surface area contributed by atoms with Crippen molar-refractivity contribution in [2.75, 3.05) is 0 Å². The lowest BCUT2D eigenvalue weighted by Crippen LogP contribution is -1.95. The molecule has 82 valence electrons. The second-order valence-corrected chi connectivity index (χ2v) is 4.14. The maximum Gasteiger partial charge on any atom is 0.120 e. The highest BCUT2D eigenvalue weighted by atomic mass is 16.1. The molecule has 1 atom stereocenters. The van der Waals surface area contributed by atoms with Gasteiger partial charge in [-0.25, -0.2) is 0 Å². The molecule has 1 unspecified atom stereocenters. The van der Waals surface area contributed by atoms with Crippen molar-refractivity contribution in [2.45, 2.75) is 45.4 Å². The fourth-order valence-electron chi connectivity index (χ4n) is 1.88. The summed E-state index contributed by atoms with van der Waals surface area (Å²) in [5, 5.41) is 0. The Labute approximate surface area is 92.5 Å². The van der Waals surface area contributed by atoms with Gasteiger partial charge in [-0.05, 0) is 29.9 Å². The van der Waals surface area contributed by atoms with E-state index in [4.69, 9.17) is 0 Å². The topological polar surface area (TPSA) is 17.1 Å². The number of carbonyl (C=O) groups is 1. The van der Waals surface area contributed by atoms with Gasteiger partial charge in [-0.2, -0.15) is 0 Å². The minimum absolute atomic E-state index is 0.631. The van der Waals surface area contributed by atoms with Gasteiger partial charge in [-0.1, -0.05) is 44.5 Å². The number of aldehydes is 1. The average Bonchev–Trinajstić information content (AvgIpc) is 2.27. The molecule has 0 aliphatic carbocycles. The van der Waals surface area contributed by atoms with E-state index < -0.39 is 0 Å². The lowest BCUT2D eigenvalue weighted by molar-refractivity contribution is -0.107. The van der Waals surface area contributed by atoms with Crippen LogP contribution < -0.4 is 0 Å². The molecule has 0 spiro atoms. The van der Waals surface area contributed by atoms with Crippen LogP contribution in [-0.2, 0) is 11.2 Å². The molecule has 0 aromatic heterocycles. The molecule has 1 rings (SSSR count). The van der Waals surface area contributed by atoms with Crippen LogP contribution in [0.2, 0.25) is 0 Å². The third kappa shape index (κ3) is 3.86. The quantitative estimate of drug-likeness (QED) is 0.645. The molecular weight excluding hydrogens is 184 g/mol. The molecule has 0 aliphatic heterocycles. The van der Waals surface area contributed by atoms with Crippen molar-refractivity contribution in [3.63, 3.8) is 0 Å². The van der Waals surface area contributed by atoms with Crippen LogP contribution in [0.3, 0.4) is 0 Å². The molecule has 1 nitrogen and oxygen atoms in total. The van der Waals surface area contributed by atoms with Crippen molar-refractivity contribution in [3.05, 3.63) is 35.4 Å². The van der Waals surface area contributed by atoms with Gasteiger partial charge in [-0.3, -0.25) is 0 Å². The number of hydrogen-bond donors (Lipinski definition) is 0. The van der Waals surface area contributed by atoms with Gasteiger partial charge in [0.2, 0.25) is 0 Å². The highest BCUT2D eigenvalue weighted by molar-refractivity contribution is 5.50. The Bertz CT molecular complexity index is 304. The number of carbonyl (C=O) groups excluding carboxylic acids is 1. The summed E-state index contributed by atoms with van der Waals surface area (Å²) in [4.78, 5) is 10.3. The summed E-state index contributed by atoms with van der Waals surface area (Å²) in [6.45, 7) is 4.48. The Hall–Kier alpha value is -1.11. The summed E-state index contributed by atoms with van der Waals surface area (Å²) in [5.41, 5.74) is 2.68. The zero-order valence-corrected chi connectivity index (χ0v) is 9.70. The predicted molar refractivity (Wildman–Crippen MR) is 64.2 cm³/mol. The third-order valence-electron chi connectivity index (χ3n) is 2.79. The van der Waals surface area contributed by atoms with E-state index in [-0.39, 0.29) is 0 Å². The summed E-state index contributed by atoms with van der Waals surface area (Å²) < 4.78 is 0. The Morgan fingerprint density at radius 2 is 2.20 bits per heavy atom. The van der Waals surface area contributed by atoms with Crippen LogP contribution in [0.15, 0.2) is 24.3 Å². The van der Waals surface area contributed by atoms with Gasteiger partial charge in [0.25, 0.3) is 0 Å². The van der Waals surface area contributed by atoms with Crippen LogP contribution in [0, 0.1) is 0 Å². The largest absolute Gasteiger partial charge is 0.303 e. The summed E-state index contributed by atoms with van der Waals surface area (Å²) >= 11 is 0. The number of aryl methyl sites for hydroxylation is 1. The van der Waals surface area contributed by atoms with Crippen molar-refractivity contribution < 1.29 is 4.79 Å². The van der Waals surface area contributed by atoms with Crippen LogP contribution >= 0.6 is 0 Å². The first-order valence-electron chi connectivity index (χ1n) is 5.80. The molecule has 0 saturated heterocycles. The Kier molecular flexibility index (Phi) is 5.09. The van der Waals surface area contributed by atoms with E-state index in [0.717, 1.165) is 12.7 Å². The molecular formula is C14H20O. The SMILES string of the molecule is CCCC(C)c1cccc(CCC=O)c1. The zero-order chi connectivity index (χ0) is 11.1. The number of rotatable bonds is 6. The Morgan fingerprint density at radius 1 is 1.40 bits per heavy atom. The first-order valence-corrected chi connectivity index (χ1v) is 5.80. The Balaban J connectivity index is 2.68. The van der Waals surface area contributed by atoms with Crippen LogP contribution in [-0.4, -0.2) is 6.29 Å². The highest BCUT2D eigenvalue weighted by Gasteiger charge is 2.04. The van der Waals surface area contributed by atoms with Gasteiger partial charge in [0.1, 0.15) is 6.29 Å². The molecule has 0 saturated carbocycles. The minimum atomic E-state index is 0.631. The van der Waals surface area contributed by atoms with Crippen LogP contribution in [0.5, 0.6) is 0 Å². The van der Waals surface area contributed by atoms with E-state index in [1.807, 2.05) is 0 Å². The normalized spacial score (nSPS) is 12.4. The first-order chi connectivity index (χ1) is 7.27. The van der Waals surface area contributed by atoms with E-state index in [2.05, 4.69) is 38.1 Å². The number of hydrogen-bond acceptors (Lipinski definition) is 1. The molecule has 1 aromatic rings. The van der Waals surface area contributed by atoms with E-state index in [1.165, 1.54) is 24.0 Å². The molecule has 0 radical (unpaired) electrons. The predicted octanol–water partition coefficient (Wildman–Crippen LogP) is 3.72. The van der Waals surface area contributed by atoms with Gasteiger partial charge in [0.15, 0.2) is 0 Å². The molecule has 0 fully saturated rings. The van der Waals surface area contributed by atoms with E-state index in [9.17, 15) is 4.79 Å². The zero-order valence-electron chi connectivity index (χ0n) is 9.70. The lowest BCUT2D eigenvalue weighted by Gasteiger charge is -2.11. The molecule has 0 N–H and O–H groups in total. The summed E-state index contributed by atoms with van der Waals surface area (Å²) in [5.74, 6) is 0.631. The second-order valence-electron chi connectivity index (χ2n) is 4.14. The summed E-state index contributed by atoms with van der Waals surface area (Å²) in [6.07, 6.45) is 4.95. The molecule has 0 amide bonds. The van der Waals surface area contributed by atoms with Crippen molar-refractivity contribution in [3.8, 4) is 0 Å². The maximum atomic E-state index is 10.3. The standard InChI is InChI=1S/C14H20O/c1-3-6-12(2)14-9-4-7-13(11-14)8-5-10-15/h4,7,9-12H,3,5-6,8H2,1-2H3. The summed E-state index contributed by atoms with van der Waals surface area (Å²) in [6, 6.07) is 8.63. The molecule has 1 heteroatoms. The van der Waals surface area contributed by atoms with Gasteiger partial charge in [0, 0.05) is 6.42 Å². The van der Waals surface area contributed by atoms with Gasteiger partial charge < -0.3 is 4.79 Å². The smallest absolute Gasteiger partial charge is 0.120 e. The van der Waals surface area contributed by atoms with Crippen molar-refractivity contribution in [2.24, 2.45) is 0 Å². The molecule has 0 aliphatic rings. The average molecular weight is 204 g/mol. The maximum absolute atomic E-state index is 10.3. The van der Waals surface area contributed by atoms with Crippen LogP contribution in [0.1, 0.15) is 50.2 Å². The number of benzene rings is 1. The van der Waals surface area contributed by atoms with E-state index in [0.29, 0.717) is 12.3 Å². The molecule has 1 aromatic carbocycles. The van der Waals surface area contributed by atoms with Crippen molar-refractivity contribution in [1.29, 1.82) is 0 Å². The van der Waals surface area contributed by atoms with Gasteiger partial charge >= 0.3 is 0 Å². The van der Waals surface area contributed by atoms with Crippen molar-refractivity contribution in [1.82, 2.24) is 0 Å². The lowest BCUT2D eigenvalue weighted by atomic mass is 9.94. The van der Waals surface area contributed by atoms with Gasteiger partial charge in [-0.15, -0.1) is 0 Å². The molecule has 15 heavy (non-hydrogen) atoms. The fraction of sp³-hybridized carbons (Fsp3) is 0.500. The van der Waals surface area contributed by atoms with Crippen LogP contribution in [0.25, 0.3) is 0 Å². The summed E-state index contributed by atoms with van der Waals surface area (Å²) in [7, 11) is 0. The minimum Gasteiger partial charge on any atom is -0.303 e.